The number of carboxylic acid groups (broad SMARTS) is 1. The molecule has 2 aromatic carbocycles. The summed E-state index contributed by atoms with van der Waals surface area (Å²) in [6.45, 7) is 0.461. The Labute approximate surface area is 158 Å². The van der Waals surface area contributed by atoms with Crippen LogP contribution in [0.4, 0.5) is 0 Å². The fourth-order valence-corrected chi connectivity index (χ4v) is 3.07. The van der Waals surface area contributed by atoms with Crippen molar-refractivity contribution in [3.63, 3.8) is 0 Å². The van der Waals surface area contributed by atoms with E-state index in [1.807, 2.05) is 42.5 Å². The standard InChI is InChI=1S/C21H24N2O4/c24-19(6-3-11-22-21(27)15-8-9-15)23-18(13-20(25)26)17-10-7-14-4-1-2-5-16(14)12-17/h1-2,4-5,7,10,12,15,18H,3,6,8-9,11,13H2,(H,22,27)(H,23,24)(H,25,26)/t18-/m0/s1. The molecule has 0 aromatic heterocycles. The van der Waals surface area contributed by atoms with Crippen LogP contribution in [0.25, 0.3) is 10.8 Å². The number of hydrogen-bond donors (Lipinski definition) is 3. The van der Waals surface area contributed by atoms with E-state index in [0.29, 0.717) is 13.0 Å². The van der Waals surface area contributed by atoms with Crippen molar-refractivity contribution >= 4 is 28.6 Å². The molecule has 0 heterocycles. The highest BCUT2D eigenvalue weighted by molar-refractivity contribution is 5.84. The van der Waals surface area contributed by atoms with Crippen molar-refractivity contribution in [2.45, 2.75) is 38.1 Å². The summed E-state index contributed by atoms with van der Waals surface area (Å²) in [5.41, 5.74) is 0.770. The summed E-state index contributed by atoms with van der Waals surface area (Å²) >= 11 is 0. The average Bonchev–Trinajstić information content (AvgIpc) is 3.49. The molecule has 0 spiro atoms. The van der Waals surface area contributed by atoms with Crippen LogP contribution in [0, 0.1) is 5.92 Å². The van der Waals surface area contributed by atoms with Crippen molar-refractivity contribution in [2.75, 3.05) is 6.54 Å². The third-order valence-electron chi connectivity index (χ3n) is 4.72. The van der Waals surface area contributed by atoms with Crippen molar-refractivity contribution in [3.8, 4) is 0 Å². The fraction of sp³-hybridized carbons (Fsp3) is 0.381. The highest BCUT2D eigenvalue weighted by Crippen LogP contribution is 2.28. The van der Waals surface area contributed by atoms with E-state index in [-0.39, 0.29) is 30.6 Å². The highest BCUT2D eigenvalue weighted by Gasteiger charge is 2.29. The first-order chi connectivity index (χ1) is 13.0. The number of rotatable bonds is 9. The maximum Gasteiger partial charge on any atom is 0.305 e. The van der Waals surface area contributed by atoms with Gasteiger partial charge in [-0.2, -0.15) is 0 Å². The molecule has 0 bridgehead atoms. The van der Waals surface area contributed by atoms with Crippen LogP contribution >= 0.6 is 0 Å². The van der Waals surface area contributed by atoms with Crippen molar-refractivity contribution in [1.82, 2.24) is 10.6 Å². The molecule has 6 heteroatoms. The molecule has 1 aliphatic rings. The highest BCUT2D eigenvalue weighted by atomic mass is 16.4. The van der Waals surface area contributed by atoms with Gasteiger partial charge in [-0.3, -0.25) is 14.4 Å². The lowest BCUT2D eigenvalue weighted by Crippen LogP contribution is -2.31. The summed E-state index contributed by atoms with van der Waals surface area (Å²) in [6.07, 6.45) is 2.50. The first-order valence-electron chi connectivity index (χ1n) is 9.30. The zero-order valence-electron chi connectivity index (χ0n) is 15.1. The molecule has 0 saturated heterocycles. The molecule has 1 saturated carbocycles. The van der Waals surface area contributed by atoms with Crippen LogP contribution in [-0.2, 0) is 14.4 Å². The molecule has 3 rings (SSSR count). The van der Waals surface area contributed by atoms with Crippen LogP contribution < -0.4 is 10.6 Å². The molecular weight excluding hydrogens is 344 g/mol. The zero-order valence-corrected chi connectivity index (χ0v) is 15.1. The Kier molecular flexibility index (Phi) is 6.06. The second-order valence-corrected chi connectivity index (χ2v) is 6.99. The van der Waals surface area contributed by atoms with Crippen molar-refractivity contribution in [1.29, 1.82) is 0 Å². The van der Waals surface area contributed by atoms with E-state index in [0.717, 1.165) is 29.2 Å². The van der Waals surface area contributed by atoms with E-state index in [1.165, 1.54) is 0 Å². The van der Waals surface area contributed by atoms with Gasteiger partial charge < -0.3 is 15.7 Å². The number of carboxylic acids is 1. The largest absolute Gasteiger partial charge is 0.481 e. The zero-order chi connectivity index (χ0) is 19.2. The molecule has 2 amide bonds. The summed E-state index contributed by atoms with van der Waals surface area (Å²) in [4.78, 5) is 35.0. The topological polar surface area (TPSA) is 95.5 Å². The molecule has 142 valence electrons. The van der Waals surface area contributed by atoms with Gasteiger partial charge in [0.1, 0.15) is 0 Å². The molecule has 1 fully saturated rings. The van der Waals surface area contributed by atoms with Gasteiger partial charge in [-0.25, -0.2) is 0 Å². The minimum atomic E-state index is -0.967. The van der Waals surface area contributed by atoms with Gasteiger partial charge >= 0.3 is 5.97 Å². The molecule has 2 aromatic rings. The Morgan fingerprint density at radius 1 is 1.07 bits per heavy atom. The van der Waals surface area contributed by atoms with Crippen LogP contribution in [0.15, 0.2) is 42.5 Å². The average molecular weight is 368 g/mol. The molecule has 0 unspecified atom stereocenters. The molecule has 1 atom stereocenters. The van der Waals surface area contributed by atoms with Crippen LogP contribution in [0.2, 0.25) is 0 Å². The lowest BCUT2D eigenvalue weighted by atomic mass is 9.99. The first-order valence-corrected chi connectivity index (χ1v) is 9.30. The number of nitrogens with one attached hydrogen (secondary N) is 2. The monoisotopic (exact) mass is 368 g/mol. The molecular formula is C21H24N2O4. The van der Waals surface area contributed by atoms with Gasteiger partial charge in [0, 0.05) is 18.9 Å². The number of carbonyl (C=O) groups excluding carboxylic acids is 2. The fourth-order valence-electron chi connectivity index (χ4n) is 3.07. The summed E-state index contributed by atoms with van der Waals surface area (Å²) in [5, 5.41) is 16.9. The van der Waals surface area contributed by atoms with E-state index in [9.17, 15) is 19.5 Å². The van der Waals surface area contributed by atoms with E-state index in [1.54, 1.807) is 0 Å². The minimum Gasteiger partial charge on any atom is -0.481 e. The third-order valence-corrected chi connectivity index (χ3v) is 4.72. The Hall–Kier alpha value is -2.89. The molecule has 0 aliphatic heterocycles. The van der Waals surface area contributed by atoms with Crippen LogP contribution in [-0.4, -0.2) is 29.4 Å². The summed E-state index contributed by atoms with van der Waals surface area (Å²) in [7, 11) is 0. The molecule has 6 nitrogen and oxygen atoms in total. The molecule has 3 N–H and O–H groups in total. The van der Waals surface area contributed by atoms with Gasteiger partial charge in [0.15, 0.2) is 0 Å². The second-order valence-electron chi connectivity index (χ2n) is 6.99. The second kappa shape index (κ2) is 8.66. The van der Waals surface area contributed by atoms with Gasteiger partial charge in [-0.05, 0) is 41.7 Å². The lowest BCUT2D eigenvalue weighted by Gasteiger charge is -2.18. The number of carbonyl (C=O) groups is 3. The van der Waals surface area contributed by atoms with Gasteiger partial charge in [-0.15, -0.1) is 0 Å². The predicted molar refractivity (Wildman–Crippen MR) is 102 cm³/mol. The smallest absolute Gasteiger partial charge is 0.305 e. The normalized spacial score (nSPS) is 14.5. The van der Waals surface area contributed by atoms with Gasteiger partial charge in [0.05, 0.1) is 12.5 Å². The van der Waals surface area contributed by atoms with E-state index >= 15 is 0 Å². The summed E-state index contributed by atoms with van der Waals surface area (Å²) < 4.78 is 0. The first kappa shape index (κ1) is 18.9. The maximum absolute atomic E-state index is 12.2. The number of fused-ring (bicyclic) bond motifs is 1. The van der Waals surface area contributed by atoms with Crippen LogP contribution in [0.3, 0.4) is 0 Å². The Morgan fingerprint density at radius 3 is 2.52 bits per heavy atom. The maximum atomic E-state index is 12.2. The minimum absolute atomic E-state index is 0.0651. The molecule has 1 aliphatic carbocycles. The lowest BCUT2D eigenvalue weighted by molar-refractivity contribution is -0.137. The van der Waals surface area contributed by atoms with Gasteiger partial charge in [0.25, 0.3) is 0 Å². The molecule has 0 radical (unpaired) electrons. The van der Waals surface area contributed by atoms with Crippen LogP contribution in [0.1, 0.15) is 43.7 Å². The SMILES string of the molecule is O=C(O)C[C@H](NC(=O)CCCNC(=O)C1CC1)c1ccc2ccccc2c1. The van der Waals surface area contributed by atoms with Gasteiger partial charge in [-0.1, -0.05) is 36.4 Å². The quantitative estimate of drug-likeness (QED) is 0.593. The number of hydrogen-bond acceptors (Lipinski definition) is 3. The van der Waals surface area contributed by atoms with Crippen molar-refractivity contribution < 1.29 is 19.5 Å². The van der Waals surface area contributed by atoms with E-state index in [4.69, 9.17) is 0 Å². The number of amides is 2. The van der Waals surface area contributed by atoms with Gasteiger partial charge in [0.2, 0.25) is 11.8 Å². The van der Waals surface area contributed by atoms with E-state index in [2.05, 4.69) is 10.6 Å². The Bertz CT molecular complexity index is 845. The summed E-state index contributed by atoms with van der Waals surface area (Å²) in [5.74, 6) is -0.956. The molecule has 27 heavy (non-hydrogen) atoms. The third kappa shape index (κ3) is 5.54. The Balaban J connectivity index is 1.57. The van der Waals surface area contributed by atoms with Crippen molar-refractivity contribution in [2.24, 2.45) is 5.92 Å². The Morgan fingerprint density at radius 2 is 1.81 bits per heavy atom. The van der Waals surface area contributed by atoms with Crippen molar-refractivity contribution in [3.05, 3.63) is 48.0 Å². The van der Waals surface area contributed by atoms with E-state index < -0.39 is 12.0 Å². The predicted octanol–water partition coefficient (Wildman–Crippen LogP) is 2.78. The van der Waals surface area contributed by atoms with Crippen LogP contribution in [0.5, 0.6) is 0 Å². The summed E-state index contributed by atoms with van der Waals surface area (Å²) in [6, 6.07) is 12.9. The number of aliphatic carboxylic acids is 1. The number of benzene rings is 2.